The first-order valence-corrected chi connectivity index (χ1v) is 7.94. The van der Waals surface area contributed by atoms with Gasteiger partial charge in [0.1, 0.15) is 11.9 Å². The summed E-state index contributed by atoms with van der Waals surface area (Å²) in [6, 6.07) is 4.57. The van der Waals surface area contributed by atoms with Crippen LogP contribution in [0.25, 0.3) is 5.52 Å². The van der Waals surface area contributed by atoms with E-state index in [1.165, 1.54) is 0 Å². The van der Waals surface area contributed by atoms with Crippen LogP contribution >= 0.6 is 0 Å². The molecule has 1 aliphatic rings. The van der Waals surface area contributed by atoms with E-state index in [-0.39, 0.29) is 19.5 Å². The van der Waals surface area contributed by atoms with Gasteiger partial charge in [-0.1, -0.05) is 6.07 Å². The van der Waals surface area contributed by atoms with Gasteiger partial charge in [0.05, 0.1) is 11.7 Å². The largest absolute Gasteiger partial charge is 0.471 e. The zero-order chi connectivity index (χ0) is 18.0. The van der Waals surface area contributed by atoms with Gasteiger partial charge >= 0.3 is 12.1 Å². The number of amides is 2. The number of imidazole rings is 1. The van der Waals surface area contributed by atoms with Crippen LogP contribution in [0, 0.1) is 0 Å². The first kappa shape index (κ1) is 17.2. The summed E-state index contributed by atoms with van der Waals surface area (Å²) in [6.45, 7) is 0.179. The summed E-state index contributed by atoms with van der Waals surface area (Å²) in [5.74, 6) is -1.77. The molecule has 0 aliphatic carbocycles. The van der Waals surface area contributed by atoms with Crippen LogP contribution in [0.15, 0.2) is 30.6 Å². The number of hydrogen-bond donors (Lipinski definition) is 1. The minimum absolute atomic E-state index is 0.0542. The van der Waals surface area contributed by atoms with Crippen molar-refractivity contribution in [3.8, 4) is 0 Å². The predicted molar refractivity (Wildman–Crippen MR) is 82.7 cm³/mol. The van der Waals surface area contributed by atoms with E-state index in [1.54, 1.807) is 6.20 Å². The van der Waals surface area contributed by atoms with E-state index in [2.05, 4.69) is 10.3 Å². The number of nitrogens with zero attached hydrogens (tertiary/aromatic N) is 3. The van der Waals surface area contributed by atoms with Crippen molar-refractivity contribution in [1.29, 1.82) is 0 Å². The van der Waals surface area contributed by atoms with Gasteiger partial charge in [-0.3, -0.25) is 9.59 Å². The molecule has 0 saturated carbocycles. The molecule has 0 radical (unpaired) electrons. The second kappa shape index (κ2) is 6.73. The van der Waals surface area contributed by atoms with Crippen LogP contribution in [0.1, 0.15) is 18.7 Å². The highest BCUT2D eigenvalue weighted by molar-refractivity contribution is 5.90. The maximum Gasteiger partial charge on any atom is 0.471 e. The molecule has 134 valence electrons. The van der Waals surface area contributed by atoms with Crippen molar-refractivity contribution in [2.45, 2.75) is 31.5 Å². The van der Waals surface area contributed by atoms with Crippen LogP contribution < -0.4 is 5.32 Å². The fourth-order valence-electron chi connectivity index (χ4n) is 3.04. The second-order valence-electron chi connectivity index (χ2n) is 5.87. The van der Waals surface area contributed by atoms with E-state index in [0.29, 0.717) is 17.7 Å². The normalized spacial score (nSPS) is 17.9. The monoisotopic (exact) mass is 354 g/mol. The van der Waals surface area contributed by atoms with Crippen molar-refractivity contribution in [1.82, 2.24) is 19.6 Å². The minimum atomic E-state index is -4.96. The molecule has 0 spiro atoms. The lowest BCUT2D eigenvalue weighted by molar-refractivity contribution is -0.186. The molecular weight excluding hydrogens is 337 g/mol. The molecule has 1 saturated heterocycles. The van der Waals surface area contributed by atoms with E-state index in [9.17, 15) is 22.8 Å². The maximum atomic E-state index is 12.6. The molecule has 1 unspecified atom stereocenters. The van der Waals surface area contributed by atoms with Crippen molar-refractivity contribution < 1.29 is 22.8 Å². The van der Waals surface area contributed by atoms with Gasteiger partial charge in [-0.15, -0.1) is 0 Å². The standard InChI is InChI=1S/C16H17F3N4O2/c17-16(18,19)15(25)23-9-3-5-12(23)14(24)20-7-6-13-21-10-11-4-1-2-8-22(11)13/h1-2,4,8,10,12H,3,5-7,9H2,(H,20,24). The number of alkyl halides is 3. The minimum Gasteiger partial charge on any atom is -0.354 e. The zero-order valence-electron chi connectivity index (χ0n) is 13.3. The van der Waals surface area contributed by atoms with E-state index >= 15 is 0 Å². The van der Waals surface area contributed by atoms with Gasteiger partial charge < -0.3 is 14.6 Å². The third-order valence-corrected chi connectivity index (χ3v) is 4.22. The van der Waals surface area contributed by atoms with Crippen LogP contribution in [0.2, 0.25) is 0 Å². The molecule has 2 amide bonds. The van der Waals surface area contributed by atoms with Crippen molar-refractivity contribution in [2.24, 2.45) is 0 Å². The Morgan fingerprint density at radius 3 is 2.88 bits per heavy atom. The van der Waals surface area contributed by atoms with E-state index in [0.717, 1.165) is 11.3 Å². The molecule has 3 heterocycles. The lowest BCUT2D eigenvalue weighted by Gasteiger charge is -2.24. The molecule has 1 aliphatic heterocycles. The number of halogens is 3. The molecule has 9 heteroatoms. The molecule has 2 aromatic rings. The predicted octanol–water partition coefficient (Wildman–Crippen LogP) is 1.55. The van der Waals surface area contributed by atoms with Crippen LogP contribution in [0.4, 0.5) is 13.2 Å². The molecule has 25 heavy (non-hydrogen) atoms. The number of carbonyl (C=O) groups is 2. The number of carbonyl (C=O) groups excluding carboxylic acids is 2. The average molecular weight is 354 g/mol. The maximum absolute atomic E-state index is 12.6. The molecule has 2 aromatic heterocycles. The third-order valence-electron chi connectivity index (χ3n) is 4.22. The first-order chi connectivity index (χ1) is 11.9. The van der Waals surface area contributed by atoms with Gasteiger partial charge in [-0.2, -0.15) is 13.2 Å². The molecule has 1 fully saturated rings. The smallest absolute Gasteiger partial charge is 0.354 e. The quantitative estimate of drug-likeness (QED) is 0.906. The van der Waals surface area contributed by atoms with Gasteiger partial charge in [-0.05, 0) is 25.0 Å². The SMILES string of the molecule is O=C(NCCc1ncc2ccccn12)C1CCCN1C(=O)C(F)(F)F. The summed E-state index contributed by atoms with van der Waals surface area (Å²) in [4.78, 5) is 28.5. The molecule has 0 aromatic carbocycles. The van der Waals surface area contributed by atoms with Crippen molar-refractivity contribution >= 4 is 17.3 Å². The summed E-state index contributed by atoms with van der Waals surface area (Å²) < 4.78 is 39.6. The highest BCUT2D eigenvalue weighted by Gasteiger charge is 2.47. The number of hydrogen-bond acceptors (Lipinski definition) is 3. The molecule has 3 rings (SSSR count). The Balaban J connectivity index is 1.58. The fourth-order valence-corrected chi connectivity index (χ4v) is 3.04. The van der Waals surface area contributed by atoms with Crippen LogP contribution in [-0.2, 0) is 16.0 Å². The Hall–Kier alpha value is -2.58. The first-order valence-electron chi connectivity index (χ1n) is 7.94. The fraction of sp³-hybridized carbons (Fsp3) is 0.438. The Morgan fingerprint density at radius 2 is 2.12 bits per heavy atom. The lowest BCUT2D eigenvalue weighted by Crippen LogP contribution is -2.50. The summed E-state index contributed by atoms with van der Waals surface area (Å²) >= 11 is 0. The van der Waals surface area contributed by atoms with E-state index < -0.39 is 24.0 Å². The van der Waals surface area contributed by atoms with Gasteiger partial charge in [0.25, 0.3) is 0 Å². The zero-order valence-corrected chi connectivity index (χ0v) is 13.3. The highest BCUT2D eigenvalue weighted by Crippen LogP contribution is 2.25. The number of nitrogens with one attached hydrogen (secondary N) is 1. The van der Waals surface area contributed by atoms with Crippen molar-refractivity contribution in [2.75, 3.05) is 13.1 Å². The summed E-state index contributed by atoms with van der Waals surface area (Å²) in [5.41, 5.74) is 0.918. The van der Waals surface area contributed by atoms with Gasteiger partial charge in [0, 0.05) is 25.7 Å². The van der Waals surface area contributed by atoms with E-state index in [4.69, 9.17) is 0 Å². The number of fused-ring (bicyclic) bond motifs is 1. The summed E-state index contributed by atoms with van der Waals surface area (Å²) in [7, 11) is 0. The van der Waals surface area contributed by atoms with Crippen LogP contribution in [0.3, 0.4) is 0 Å². The average Bonchev–Trinajstić information content (AvgIpc) is 3.20. The van der Waals surface area contributed by atoms with Crippen LogP contribution in [-0.4, -0.2) is 51.4 Å². The molecule has 1 atom stereocenters. The number of pyridine rings is 1. The third kappa shape index (κ3) is 3.59. The number of aromatic nitrogens is 2. The molecule has 1 N–H and O–H groups in total. The number of rotatable bonds is 4. The van der Waals surface area contributed by atoms with E-state index in [1.807, 2.05) is 28.8 Å². The van der Waals surface area contributed by atoms with Gasteiger partial charge in [0.2, 0.25) is 5.91 Å². The molecule has 6 nitrogen and oxygen atoms in total. The highest BCUT2D eigenvalue weighted by atomic mass is 19.4. The molecular formula is C16H17F3N4O2. The Kier molecular flexibility index (Phi) is 4.65. The number of likely N-dealkylation sites (tertiary alicyclic amines) is 1. The molecule has 0 bridgehead atoms. The summed E-state index contributed by atoms with van der Waals surface area (Å²) in [6.07, 6.45) is -0.357. The lowest BCUT2D eigenvalue weighted by atomic mass is 10.2. The van der Waals surface area contributed by atoms with Gasteiger partial charge in [0.15, 0.2) is 0 Å². The van der Waals surface area contributed by atoms with Crippen molar-refractivity contribution in [3.05, 3.63) is 36.4 Å². The van der Waals surface area contributed by atoms with Gasteiger partial charge in [-0.25, -0.2) is 4.98 Å². The Labute approximate surface area is 141 Å². The summed E-state index contributed by atoms with van der Waals surface area (Å²) in [5, 5.41) is 2.61. The Bertz CT molecular complexity index is 787. The Morgan fingerprint density at radius 1 is 1.32 bits per heavy atom. The van der Waals surface area contributed by atoms with Crippen LogP contribution in [0.5, 0.6) is 0 Å². The second-order valence-corrected chi connectivity index (χ2v) is 5.87. The topological polar surface area (TPSA) is 66.7 Å². The van der Waals surface area contributed by atoms with Crippen molar-refractivity contribution in [3.63, 3.8) is 0 Å².